The van der Waals surface area contributed by atoms with Gasteiger partial charge in [-0.15, -0.1) is 0 Å². The lowest BCUT2D eigenvalue weighted by Gasteiger charge is -2.32. The van der Waals surface area contributed by atoms with Gasteiger partial charge in [0.2, 0.25) is 0 Å². The van der Waals surface area contributed by atoms with E-state index in [1.807, 2.05) is 47.4 Å². The third kappa shape index (κ3) is 3.91. The van der Waals surface area contributed by atoms with Crippen LogP contribution < -0.4 is 5.43 Å². The van der Waals surface area contributed by atoms with E-state index in [1.165, 1.54) is 5.56 Å². The summed E-state index contributed by atoms with van der Waals surface area (Å²) in [6.07, 6.45) is 1.69. The third-order valence-corrected chi connectivity index (χ3v) is 6.56. The number of amides is 1. The van der Waals surface area contributed by atoms with Gasteiger partial charge in [0.05, 0.1) is 10.9 Å². The average Bonchev–Trinajstić information content (AvgIpc) is 2.86. The zero-order valence-electron chi connectivity index (χ0n) is 18.5. The number of para-hydroxylation sites is 1. The van der Waals surface area contributed by atoms with Crippen molar-refractivity contribution in [1.29, 1.82) is 0 Å². The molecule has 5 rings (SSSR count). The predicted molar refractivity (Wildman–Crippen MR) is 129 cm³/mol. The summed E-state index contributed by atoms with van der Waals surface area (Å²) in [5.41, 5.74) is 3.18. The Balaban J connectivity index is 1.46. The van der Waals surface area contributed by atoms with Gasteiger partial charge in [-0.25, -0.2) is 0 Å². The molecule has 2 heterocycles. The van der Waals surface area contributed by atoms with Crippen molar-refractivity contribution < 1.29 is 14.3 Å². The fourth-order valence-corrected chi connectivity index (χ4v) is 4.68. The number of rotatable bonds is 3. The Hall–Kier alpha value is -3.86. The molecule has 1 amide bonds. The number of nitrogens with zero attached hydrogens (tertiary/aromatic N) is 1. The third-order valence-electron chi connectivity index (χ3n) is 6.56. The van der Waals surface area contributed by atoms with Gasteiger partial charge < -0.3 is 14.4 Å². The van der Waals surface area contributed by atoms with E-state index < -0.39 is 0 Å². The first-order valence-electron chi connectivity index (χ1n) is 11.2. The fraction of sp³-hybridized carbons (Fsp3) is 0.214. The van der Waals surface area contributed by atoms with Crippen molar-refractivity contribution in [2.24, 2.45) is 0 Å². The Morgan fingerprint density at radius 2 is 1.64 bits per heavy atom. The number of hydrogen-bond donors (Lipinski definition) is 1. The van der Waals surface area contributed by atoms with Crippen LogP contribution in [-0.4, -0.2) is 29.0 Å². The van der Waals surface area contributed by atoms with Crippen molar-refractivity contribution in [2.75, 3.05) is 13.1 Å². The lowest BCUT2D eigenvalue weighted by Crippen LogP contribution is -2.38. The van der Waals surface area contributed by atoms with Gasteiger partial charge in [-0.1, -0.05) is 48.5 Å². The molecule has 0 saturated carbocycles. The van der Waals surface area contributed by atoms with E-state index in [1.54, 1.807) is 37.3 Å². The SMILES string of the molecule is Cc1c(-c2ccccc2)oc2c(C(=O)N3CCC(c4ccc(O)cc4)CC3)cccc2c1=O. The maximum absolute atomic E-state index is 13.5. The van der Waals surface area contributed by atoms with E-state index >= 15 is 0 Å². The number of carbonyl (C=O) groups excluding carboxylic acids is 1. The molecule has 1 aliphatic heterocycles. The van der Waals surface area contributed by atoms with Gasteiger partial charge in [-0.2, -0.15) is 0 Å². The molecule has 0 unspecified atom stereocenters. The van der Waals surface area contributed by atoms with E-state index in [4.69, 9.17) is 4.42 Å². The summed E-state index contributed by atoms with van der Waals surface area (Å²) >= 11 is 0. The van der Waals surface area contributed by atoms with E-state index in [2.05, 4.69) is 0 Å². The maximum Gasteiger partial charge on any atom is 0.257 e. The molecule has 5 nitrogen and oxygen atoms in total. The summed E-state index contributed by atoms with van der Waals surface area (Å²) in [4.78, 5) is 28.4. The van der Waals surface area contributed by atoms with Crippen molar-refractivity contribution in [3.63, 3.8) is 0 Å². The molecule has 1 N–H and O–H groups in total. The van der Waals surface area contributed by atoms with Crippen LogP contribution in [0.3, 0.4) is 0 Å². The van der Waals surface area contributed by atoms with E-state index in [9.17, 15) is 14.7 Å². The molecule has 3 aromatic carbocycles. The molecule has 5 heteroatoms. The number of benzene rings is 3. The number of hydrogen-bond acceptors (Lipinski definition) is 4. The summed E-state index contributed by atoms with van der Waals surface area (Å²) < 4.78 is 6.23. The second-order valence-electron chi connectivity index (χ2n) is 8.59. The van der Waals surface area contributed by atoms with Gasteiger partial charge in [0, 0.05) is 24.2 Å². The zero-order valence-corrected chi connectivity index (χ0v) is 18.5. The molecule has 4 aromatic rings. The minimum Gasteiger partial charge on any atom is -0.508 e. The van der Waals surface area contributed by atoms with Crippen molar-refractivity contribution in [1.82, 2.24) is 4.90 Å². The number of phenols is 1. The van der Waals surface area contributed by atoms with Gasteiger partial charge in [0.1, 0.15) is 11.5 Å². The van der Waals surface area contributed by atoms with Crippen LogP contribution >= 0.6 is 0 Å². The first-order chi connectivity index (χ1) is 16.0. The second kappa shape index (κ2) is 8.58. The van der Waals surface area contributed by atoms with Gasteiger partial charge in [-0.3, -0.25) is 9.59 Å². The first kappa shape index (κ1) is 21.0. The molecule has 0 spiro atoms. The predicted octanol–water partition coefficient (Wildman–Crippen LogP) is 5.49. The van der Waals surface area contributed by atoms with Gasteiger partial charge in [0.25, 0.3) is 5.91 Å². The molecule has 166 valence electrons. The van der Waals surface area contributed by atoms with Crippen LogP contribution in [0.15, 0.2) is 82.0 Å². The van der Waals surface area contributed by atoms with Crippen molar-refractivity contribution >= 4 is 16.9 Å². The molecule has 1 saturated heterocycles. The minimum absolute atomic E-state index is 0.115. The average molecular weight is 440 g/mol. The largest absolute Gasteiger partial charge is 0.508 e. The van der Waals surface area contributed by atoms with Crippen LogP contribution in [-0.2, 0) is 0 Å². The van der Waals surface area contributed by atoms with Crippen LogP contribution in [0, 0.1) is 6.92 Å². The quantitative estimate of drug-likeness (QED) is 0.458. The van der Waals surface area contributed by atoms with E-state index in [0.29, 0.717) is 46.9 Å². The Morgan fingerprint density at radius 3 is 2.33 bits per heavy atom. The van der Waals surface area contributed by atoms with E-state index in [-0.39, 0.29) is 17.1 Å². The van der Waals surface area contributed by atoms with E-state index in [0.717, 1.165) is 18.4 Å². The molecule has 1 aromatic heterocycles. The number of likely N-dealkylation sites (tertiary alicyclic amines) is 1. The molecule has 1 fully saturated rings. The molecular formula is C28H25NO4. The molecule has 0 aliphatic carbocycles. The summed E-state index contributed by atoms with van der Waals surface area (Å²) in [5.74, 6) is 0.997. The zero-order chi connectivity index (χ0) is 22.9. The Kier molecular flexibility index (Phi) is 5.47. The minimum atomic E-state index is -0.115. The lowest BCUT2D eigenvalue weighted by molar-refractivity contribution is 0.0714. The molecule has 1 aliphatic rings. The highest BCUT2D eigenvalue weighted by atomic mass is 16.3. The summed E-state index contributed by atoms with van der Waals surface area (Å²) in [5, 5.41) is 9.96. The number of fused-ring (bicyclic) bond motifs is 1. The highest BCUT2D eigenvalue weighted by Crippen LogP contribution is 2.31. The molecule has 0 atom stereocenters. The van der Waals surface area contributed by atoms with Gasteiger partial charge in [0.15, 0.2) is 11.0 Å². The highest BCUT2D eigenvalue weighted by Gasteiger charge is 2.27. The summed E-state index contributed by atoms with van der Waals surface area (Å²) in [7, 11) is 0. The van der Waals surface area contributed by atoms with Crippen LogP contribution in [0.2, 0.25) is 0 Å². The Morgan fingerprint density at radius 1 is 0.939 bits per heavy atom. The number of piperidine rings is 1. The number of aromatic hydroxyl groups is 1. The topological polar surface area (TPSA) is 70.8 Å². The van der Waals surface area contributed by atoms with Gasteiger partial charge >= 0.3 is 0 Å². The molecule has 0 bridgehead atoms. The van der Waals surface area contributed by atoms with Crippen molar-refractivity contribution in [3.05, 3.63) is 99.7 Å². The van der Waals surface area contributed by atoms with Gasteiger partial charge in [-0.05, 0) is 55.5 Å². The first-order valence-corrected chi connectivity index (χ1v) is 11.2. The number of carbonyl (C=O) groups is 1. The van der Waals surface area contributed by atoms with Crippen molar-refractivity contribution in [3.8, 4) is 17.1 Å². The fourth-order valence-electron chi connectivity index (χ4n) is 4.68. The standard InChI is InChI=1S/C28H25NO4/c1-18-25(31)23-8-5-9-24(27(23)33-26(18)21-6-3-2-4-7-21)28(32)29-16-14-20(15-17-29)19-10-12-22(30)13-11-19/h2-13,20,30H,14-17H2,1H3. The molecule has 0 radical (unpaired) electrons. The summed E-state index contributed by atoms with van der Waals surface area (Å²) in [6, 6.07) is 22.0. The Bertz CT molecular complexity index is 1370. The Labute approximate surface area is 191 Å². The van der Waals surface area contributed by atoms with Crippen LogP contribution in [0.4, 0.5) is 0 Å². The number of phenolic OH excluding ortho intramolecular Hbond substituents is 1. The normalized spacial score (nSPS) is 14.5. The lowest BCUT2D eigenvalue weighted by atomic mass is 9.89. The highest BCUT2D eigenvalue weighted by molar-refractivity contribution is 6.05. The van der Waals surface area contributed by atoms with Crippen LogP contribution in [0.25, 0.3) is 22.3 Å². The molecule has 33 heavy (non-hydrogen) atoms. The summed E-state index contributed by atoms with van der Waals surface area (Å²) in [6.45, 7) is 3.01. The molecular weight excluding hydrogens is 414 g/mol. The van der Waals surface area contributed by atoms with Crippen molar-refractivity contribution in [2.45, 2.75) is 25.7 Å². The second-order valence-corrected chi connectivity index (χ2v) is 8.59. The smallest absolute Gasteiger partial charge is 0.257 e. The maximum atomic E-state index is 13.5. The van der Waals surface area contributed by atoms with Crippen LogP contribution in [0.1, 0.15) is 40.2 Å². The monoisotopic (exact) mass is 439 g/mol. The van der Waals surface area contributed by atoms with Crippen LogP contribution in [0.5, 0.6) is 5.75 Å².